The van der Waals surface area contributed by atoms with Crippen LogP contribution in [-0.2, 0) is 26.2 Å². The molecule has 0 atom stereocenters. The number of hydrogen-bond donors (Lipinski definition) is 3. The van der Waals surface area contributed by atoms with Crippen molar-refractivity contribution < 1.29 is 27.9 Å². The standard InChI is InChI=1S/C18H18Cl2N2O6S/c1-10-3-11(5-13(4-10)22-29(2,26)27)9-28-18-14(19)6-12(7-15(18)20)21-16(23)8-17(24)25/h3-7,22H,8-9H2,1-2H3,(H,21,23)(H,24,25). The van der Waals surface area contributed by atoms with Crippen molar-refractivity contribution in [1.29, 1.82) is 0 Å². The summed E-state index contributed by atoms with van der Waals surface area (Å²) in [5, 5.41) is 11.2. The molecule has 0 spiro atoms. The van der Waals surface area contributed by atoms with Gasteiger partial charge in [-0.15, -0.1) is 0 Å². The molecule has 0 saturated heterocycles. The van der Waals surface area contributed by atoms with Crippen LogP contribution in [0.3, 0.4) is 0 Å². The van der Waals surface area contributed by atoms with Gasteiger partial charge in [0.05, 0.1) is 16.3 Å². The van der Waals surface area contributed by atoms with E-state index in [1.165, 1.54) is 12.1 Å². The number of anilines is 2. The van der Waals surface area contributed by atoms with E-state index >= 15 is 0 Å². The second kappa shape index (κ2) is 9.34. The highest BCUT2D eigenvalue weighted by molar-refractivity contribution is 7.92. The Morgan fingerprint density at radius 3 is 2.24 bits per heavy atom. The molecule has 0 aliphatic heterocycles. The van der Waals surface area contributed by atoms with Crippen LogP contribution in [0.4, 0.5) is 11.4 Å². The molecule has 1 amide bonds. The van der Waals surface area contributed by atoms with E-state index in [0.717, 1.165) is 11.8 Å². The average molecular weight is 461 g/mol. The van der Waals surface area contributed by atoms with Crippen molar-refractivity contribution in [2.45, 2.75) is 20.0 Å². The maximum absolute atomic E-state index is 11.5. The second-order valence-electron chi connectivity index (χ2n) is 6.26. The summed E-state index contributed by atoms with van der Waals surface area (Å²) >= 11 is 12.3. The molecule has 0 radical (unpaired) electrons. The summed E-state index contributed by atoms with van der Waals surface area (Å²) in [4.78, 5) is 22.1. The molecule has 8 nitrogen and oxygen atoms in total. The Hall–Kier alpha value is -2.49. The molecule has 156 valence electrons. The number of hydrogen-bond acceptors (Lipinski definition) is 5. The number of carbonyl (C=O) groups excluding carboxylic acids is 1. The van der Waals surface area contributed by atoms with Crippen molar-refractivity contribution >= 4 is 56.5 Å². The molecule has 0 aliphatic carbocycles. The Morgan fingerprint density at radius 1 is 1.07 bits per heavy atom. The summed E-state index contributed by atoms with van der Waals surface area (Å²) in [6.07, 6.45) is 0.368. The van der Waals surface area contributed by atoms with Crippen LogP contribution in [0.2, 0.25) is 10.0 Å². The quantitative estimate of drug-likeness (QED) is 0.516. The second-order valence-corrected chi connectivity index (χ2v) is 8.82. The highest BCUT2D eigenvalue weighted by atomic mass is 35.5. The average Bonchev–Trinajstić information content (AvgIpc) is 2.50. The van der Waals surface area contributed by atoms with E-state index in [9.17, 15) is 18.0 Å². The van der Waals surface area contributed by atoms with Gasteiger partial charge in [-0.1, -0.05) is 29.3 Å². The number of sulfonamides is 1. The molecule has 11 heteroatoms. The fourth-order valence-electron chi connectivity index (χ4n) is 2.49. The lowest BCUT2D eigenvalue weighted by molar-refractivity contribution is -0.139. The zero-order chi connectivity index (χ0) is 21.8. The molecule has 0 fully saturated rings. The van der Waals surface area contributed by atoms with Crippen molar-refractivity contribution in [1.82, 2.24) is 0 Å². The van der Waals surface area contributed by atoms with E-state index in [-0.39, 0.29) is 28.1 Å². The Bertz CT molecular complexity index is 1030. The number of carbonyl (C=O) groups is 2. The summed E-state index contributed by atoms with van der Waals surface area (Å²) in [6, 6.07) is 7.88. The summed E-state index contributed by atoms with van der Waals surface area (Å²) in [6.45, 7) is 1.87. The van der Waals surface area contributed by atoms with E-state index in [1.807, 2.05) is 13.0 Å². The summed E-state index contributed by atoms with van der Waals surface area (Å²) in [5.74, 6) is -1.81. The molecule has 0 bridgehead atoms. The first-order valence-electron chi connectivity index (χ1n) is 8.15. The SMILES string of the molecule is Cc1cc(COc2c(Cl)cc(NC(=O)CC(=O)O)cc2Cl)cc(NS(C)(=O)=O)c1. The van der Waals surface area contributed by atoms with Gasteiger partial charge < -0.3 is 15.2 Å². The molecule has 0 heterocycles. The minimum absolute atomic E-state index is 0.0598. The maximum Gasteiger partial charge on any atom is 0.312 e. The lowest BCUT2D eigenvalue weighted by Gasteiger charge is -2.14. The van der Waals surface area contributed by atoms with Crippen LogP contribution in [-0.4, -0.2) is 31.7 Å². The highest BCUT2D eigenvalue weighted by Crippen LogP contribution is 2.36. The molecule has 0 aliphatic rings. The monoisotopic (exact) mass is 460 g/mol. The van der Waals surface area contributed by atoms with Crippen molar-refractivity contribution in [3.05, 3.63) is 51.5 Å². The number of rotatable bonds is 8. The van der Waals surface area contributed by atoms with Gasteiger partial charge in [0.15, 0.2) is 5.75 Å². The normalized spacial score (nSPS) is 11.0. The number of halogens is 2. The van der Waals surface area contributed by atoms with Gasteiger partial charge in [-0.2, -0.15) is 0 Å². The Kier molecular flexibility index (Phi) is 7.34. The first-order valence-corrected chi connectivity index (χ1v) is 10.8. The van der Waals surface area contributed by atoms with Gasteiger partial charge in [0.1, 0.15) is 13.0 Å². The molecule has 2 aromatic carbocycles. The number of carboxylic acids is 1. The van der Waals surface area contributed by atoms with Crippen LogP contribution in [0.25, 0.3) is 0 Å². The smallest absolute Gasteiger partial charge is 0.312 e. The first-order chi connectivity index (χ1) is 13.4. The fraction of sp³-hybridized carbons (Fsp3) is 0.222. The Balaban J connectivity index is 2.15. The molecule has 2 rings (SSSR count). The van der Waals surface area contributed by atoms with Gasteiger partial charge in [-0.25, -0.2) is 8.42 Å². The summed E-state index contributed by atoms with van der Waals surface area (Å²) < 4.78 is 30.9. The molecule has 2 aromatic rings. The highest BCUT2D eigenvalue weighted by Gasteiger charge is 2.14. The Labute approximate surface area is 177 Å². The molecule has 29 heavy (non-hydrogen) atoms. The number of amides is 1. The fourth-order valence-corrected chi connectivity index (χ4v) is 3.63. The van der Waals surface area contributed by atoms with E-state index in [1.54, 1.807) is 12.1 Å². The van der Waals surface area contributed by atoms with Crippen LogP contribution in [0.5, 0.6) is 5.75 Å². The van der Waals surface area contributed by atoms with E-state index < -0.39 is 28.3 Å². The van der Waals surface area contributed by atoms with Gasteiger partial charge in [-0.05, 0) is 42.3 Å². The summed E-state index contributed by atoms with van der Waals surface area (Å²) in [7, 11) is -3.42. The van der Waals surface area contributed by atoms with Crippen LogP contribution in [0, 0.1) is 6.92 Å². The van der Waals surface area contributed by atoms with Crippen molar-refractivity contribution in [2.24, 2.45) is 0 Å². The lowest BCUT2D eigenvalue weighted by Crippen LogP contribution is -2.15. The van der Waals surface area contributed by atoms with Gasteiger partial charge >= 0.3 is 5.97 Å². The topological polar surface area (TPSA) is 122 Å². The van der Waals surface area contributed by atoms with Crippen LogP contribution < -0.4 is 14.8 Å². The predicted molar refractivity (Wildman–Crippen MR) is 111 cm³/mol. The first kappa shape index (κ1) is 22.8. The third kappa shape index (κ3) is 7.45. The minimum atomic E-state index is -3.42. The number of nitrogens with one attached hydrogen (secondary N) is 2. The molecule has 0 saturated carbocycles. The van der Waals surface area contributed by atoms with E-state index in [4.69, 9.17) is 33.0 Å². The van der Waals surface area contributed by atoms with Gasteiger partial charge in [0.2, 0.25) is 15.9 Å². The van der Waals surface area contributed by atoms with Gasteiger partial charge in [-0.3, -0.25) is 14.3 Å². The zero-order valence-corrected chi connectivity index (χ0v) is 17.8. The van der Waals surface area contributed by atoms with Gasteiger partial charge in [0, 0.05) is 11.4 Å². The number of carboxylic acid groups (broad SMARTS) is 1. The third-order valence-corrected chi connectivity index (χ3v) is 4.59. The lowest BCUT2D eigenvalue weighted by atomic mass is 10.1. The Morgan fingerprint density at radius 2 is 1.69 bits per heavy atom. The van der Waals surface area contributed by atoms with Crippen LogP contribution >= 0.6 is 23.2 Å². The molecule has 0 aromatic heterocycles. The molecule has 3 N–H and O–H groups in total. The largest absolute Gasteiger partial charge is 0.486 e. The number of aliphatic carboxylic acids is 1. The molecule has 0 unspecified atom stereocenters. The molecular formula is C18H18Cl2N2O6S. The van der Waals surface area contributed by atoms with Crippen LogP contribution in [0.1, 0.15) is 17.5 Å². The van der Waals surface area contributed by atoms with E-state index in [0.29, 0.717) is 11.3 Å². The van der Waals surface area contributed by atoms with Crippen molar-refractivity contribution in [3.8, 4) is 5.75 Å². The third-order valence-electron chi connectivity index (χ3n) is 3.42. The summed E-state index contributed by atoms with van der Waals surface area (Å²) in [5.41, 5.74) is 2.14. The van der Waals surface area contributed by atoms with Crippen molar-refractivity contribution in [3.63, 3.8) is 0 Å². The van der Waals surface area contributed by atoms with Crippen LogP contribution in [0.15, 0.2) is 30.3 Å². The minimum Gasteiger partial charge on any atom is -0.486 e. The van der Waals surface area contributed by atoms with E-state index in [2.05, 4.69) is 10.0 Å². The molecular weight excluding hydrogens is 443 g/mol. The van der Waals surface area contributed by atoms with Gasteiger partial charge in [0.25, 0.3) is 0 Å². The van der Waals surface area contributed by atoms with Crippen molar-refractivity contribution in [2.75, 3.05) is 16.3 Å². The predicted octanol–water partition coefficient (Wildman–Crippen LogP) is 3.67. The number of aryl methyl sites for hydroxylation is 1. The maximum atomic E-state index is 11.5. The number of ether oxygens (including phenoxy) is 1. The zero-order valence-electron chi connectivity index (χ0n) is 15.5. The number of benzene rings is 2.